The summed E-state index contributed by atoms with van der Waals surface area (Å²) in [5.41, 5.74) is 5.58. The molecule has 5 nitrogen and oxygen atoms in total. The maximum Gasteiger partial charge on any atom is 0.235 e. The summed E-state index contributed by atoms with van der Waals surface area (Å²) in [4.78, 5) is 28.1. The third-order valence-corrected chi connectivity index (χ3v) is 7.58. The fourth-order valence-electron chi connectivity index (χ4n) is 5.07. The minimum absolute atomic E-state index is 0.0531. The second-order valence-corrected chi connectivity index (χ2v) is 10.4. The molecule has 0 saturated carbocycles. The molecule has 0 aliphatic carbocycles. The average Bonchev–Trinajstić information content (AvgIpc) is 3.30. The summed E-state index contributed by atoms with van der Waals surface area (Å²) in [7, 11) is 1.98. The van der Waals surface area contributed by atoms with Crippen molar-refractivity contribution in [3.8, 4) is 0 Å². The van der Waals surface area contributed by atoms with Gasteiger partial charge < -0.3 is 10.2 Å². The molecule has 5 heteroatoms. The van der Waals surface area contributed by atoms with Crippen molar-refractivity contribution in [3.05, 3.63) is 95.4 Å². The summed E-state index contributed by atoms with van der Waals surface area (Å²) in [5.74, 6) is 0.103. The van der Waals surface area contributed by atoms with Gasteiger partial charge in [-0.25, -0.2) is 0 Å². The fourth-order valence-corrected chi connectivity index (χ4v) is 5.07. The van der Waals surface area contributed by atoms with E-state index in [1.165, 1.54) is 11.1 Å². The molecular formula is C36H55N3O2. The molecule has 1 aromatic heterocycles. The molecule has 1 amide bonds. The summed E-state index contributed by atoms with van der Waals surface area (Å²) in [6.45, 7) is 21.7. The number of carbonyl (C=O) groups is 2. The van der Waals surface area contributed by atoms with E-state index in [0.29, 0.717) is 19.5 Å². The maximum absolute atomic E-state index is 13.4. The number of aromatic nitrogens is 1. The van der Waals surface area contributed by atoms with E-state index in [4.69, 9.17) is 0 Å². The van der Waals surface area contributed by atoms with E-state index in [1.807, 2.05) is 107 Å². The first-order valence-corrected chi connectivity index (χ1v) is 15.4. The molecule has 41 heavy (non-hydrogen) atoms. The Labute approximate surface area is 250 Å². The highest BCUT2D eigenvalue weighted by atomic mass is 16.2. The number of amides is 1. The standard InChI is InChI=1S/C34H49N3O2.C2H6/c1-9-16-32-27(7)30(24-37(32)33(38)22-28-17-14-13-15-18-28)23-31(35-8)29(21-25(5)10-2)20-19-26(6)34(39)36(11-3)12-4;1-2/h10,13-15,17-21,24,26,29,31,35H,2,9,11-12,16,22-23H2,1,3-8H3;1-2H3/b20-19?,25-21+;/t26-,29?,31?;/m0./s1. The van der Waals surface area contributed by atoms with Crippen LogP contribution in [-0.2, 0) is 24.1 Å². The van der Waals surface area contributed by atoms with Crippen LogP contribution in [0.15, 0.2) is 73.0 Å². The number of nitrogens with one attached hydrogen (secondary N) is 1. The van der Waals surface area contributed by atoms with Gasteiger partial charge in [-0.3, -0.25) is 14.2 Å². The molecule has 0 bridgehead atoms. The van der Waals surface area contributed by atoms with E-state index in [1.54, 1.807) is 0 Å². The first-order chi connectivity index (χ1) is 19.7. The molecule has 2 aromatic rings. The number of rotatable bonds is 15. The number of carbonyl (C=O) groups excluding carboxylic acids is 2. The molecule has 0 saturated heterocycles. The van der Waals surface area contributed by atoms with Crippen molar-refractivity contribution in [3.63, 3.8) is 0 Å². The van der Waals surface area contributed by atoms with Gasteiger partial charge in [0.05, 0.1) is 12.3 Å². The van der Waals surface area contributed by atoms with Crippen molar-refractivity contribution < 1.29 is 9.59 Å². The Hall–Kier alpha value is -3.18. The quantitative estimate of drug-likeness (QED) is 0.180. The highest BCUT2D eigenvalue weighted by molar-refractivity contribution is 5.83. The van der Waals surface area contributed by atoms with Gasteiger partial charge in [0, 0.05) is 36.9 Å². The summed E-state index contributed by atoms with van der Waals surface area (Å²) in [5, 5.41) is 3.52. The third kappa shape index (κ3) is 10.6. The van der Waals surface area contributed by atoms with Gasteiger partial charge in [0.1, 0.15) is 0 Å². The van der Waals surface area contributed by atoms with E-state index in [9.17, 15) is 9.59 Å². The molecule has 1 aromatic carbocycles. The van der Waals surface area contributed by atoms with Crippen molar-refractivity contribution >= 4 is 11.8 Å². The van der Waals surface area contributed by atoms with Crippen LogP contribution in [-0.4, -0.2) is 47.5 Å². The lowest BCUT2D eigenvalue weighted by atomic mass is 9.89. The van der Waals surface area contributed by atoms with Crippen LogP contribution in [0.25, 0.3) is 0 Å². The van der Waals surface area contributed by atoms with E-state index in [2.05, 4.69) is 37.9 Å². The Morgan fingerprint density at radius 3 is 2.24 bits per heavy atom. The monoisotopic (exact) mass is 561 g/mol. The van der Waals surface area contributed by atoms with E-state index in [-0.39, 0.29) is 29.7 Å². The first kappa shape index (κ1) is 35.8. The van der Waals surface area contributed by atoms with Gasteiger partial charge in [0.2, 0.25) is 11.8 Å². The molecule has 0 radical (unpaired) electrons. The molecule has 0 spiro atoms. The van der Waals surface area contributed by atoms with Crippen molar-refractivity contribution in [2.45, 2.75) is 87.1 Å². The summed E-state index contributed by atoms with van der Waals surface area (Å²) < 4.78 is 1.88. The van der Waals surface area contributed by atoms with Crippen LogP contribution in [0.5, 0.6) is 0 Å². The van der Waals surface area contributed by atoms with Gasteiger partial charge in [-0.05, 0) is 64.3 Å². The van der Waals surface area contributed by atoms with Crippen molar-refractivity contribution in [1.82, 2.24) is 14.8 Å². The molecule has 2 unspecified atom stereocenters. The highest BCUT2D eigenvalue weighted by Crippen LogP contribution is 2.24. The maximum atomic E-state index is 13.4. The Balaban J connectivity index is 0.00000411. The Morgan fingerprint density at radius 1 is 1.07 bits per heavy atom. The smallest absolute Gasteiger partial charge is 0.235 e. The Morgan fingerprint density at radius 2 is 1.71 bits per heavy atom. The number of benzene rings is 1. The fraction of sp³-hybridized carbons (Fsp3) is 0.500. The molecule has 0 aliphatic rings. The minimum atomic E-state index is -0.197. The lowest BCUT2D eigenvalue weighted by Crippen LogP contribution is -2.35. The lowest BCUT2D eigenvalue weighted by molar-refractivity contribution is -0.133. The number of allylic oxidation sites excluding steroid dienone is 2. The third-order valence-electron chi connectivity index (χ3n) is 7.58. The van der Waals surface area contributed by atoms with Crippen LogP contribution < -0.4 is 5.32 Å². The topological polar surface area (TPSA) is 54.3 Å². The van der Waals surface area contributed by atoms with Crippen LogP contribution in [0, 0.1) is 18.8 Å². The zero-order chi connectivity index (χ0) is 30.9. The lowest BCUT2D eigenvalue weighted by Gasteiger charge is -2.24. The van der Waals surface area contributed by atoms with Gasteiger partial charge >= 0.3 is 0 Å². The second-order valence-electron chi connectivity index (χ2n) is 10.4. The molecule has 0 fully saturated rings. The zero-order valence-electron chi connectivity index (χ0n) is 27.2. The second kappa shape index (κ2) is 19.0. The summed E-state index contributed by atoms with van der Waals surface area (Å²) >= 11 is 0. The molecule has 3 atom stereocenters. The molecule has 2 rings (SSSR count). The van der Waals surface area contributed by atoms with E-state index in [0.717, 1.165) is 36.1 Å². The van der Waals surface area contributed by atoms with Crippen molar-refractivity contribution in [2.24, 2.45) is 11.8 Å². The van der Waals surface area contributed by atoms with Crippen LogP contribution in [0.3, 0.4) is 0 Å². The zero-order valence-corrected chi connectivity index (χ0v) is 27.2. The van der Waals surface area contributed by atoms with Gasteiger partial charge in [-0.2, -0.15) is 0 Å². The normalized spacial score (nSPS) is 13.7. The number of likely N-dealkylation sites (N-methyl/N-ethyl adjacent to an activating group) is 1. The van der Waals surface area contributed by atoms with Gasteiger partial charge in [0.25, 0.3) is 0 Å². The number of hydrogen-bond donors (Lipinski definition) is 1. The predicted molar refractivity (Wildman–Crippen MR) is 176 cm³/mol. The van der Waals surface area contributed by atoms with E-state index < -0.39 is 0 Å². The summed E-state index contributed by atoms with van der Waals surface area (Å²) in [6, 6.07) is 10.0. The summed E-state index contributed by atoms with van der Waals surface area (Å²) in [6.07, 6.45) is 13.3. The molecule has 0 aliphatic heterocycles. The van der Waals surface area contributed by atoms with Crippen LogP contribution in [0.4, 0.5) is 0 Å². The first-order valence-electron chi connectivity index (χ1n) is 15.4. The molecule has 1 N–H and O–H groups in total. The Bertz CT molecular complexity index is 1140. The average molecular weight is 562 g/mol. The molecule has 226 valence electrons. The van der Waals surface area contributed by atoms with Gasteiger partial charge in [0.15, 0.2) is 0 Å². The van der Waals surface area contributed by atoms with Crippen molar-refractivity contribution in [1.29, 1.82) is 0 Å². The minimum Gasteiger partial charge on any atom is -0.343 e. The van der Waals surface area contributed by atoms with E-state index >= 15 is 0 Å². The molecule has 1 heterocycles. The largest absolute Gasteiger partial charge is 0.343 e. The van der Waals surface area contributed by atoms with Crippen LogP contribution in [0.1, 0.15) is 82.1 Å². The number of nitrogens with zero attached hydrogens (tertiary/aromatic N) is 2. The van der Waals surface area contributed by atoms with Gasteiger partial charge in [-0.1, -0.05) is 101 Å². The molecular weight excluding hydrogens is 506 g/mol. The Kier molecular flexibility index (Phi) is 16.6. The number of hydrogen-bond acceptors (Lipinski definition) is 3. The van der Waals surface area contributed by atoms with Gasteiger partial charge in [-0.15, -0.1) is 0 Å². The highest BCUT2D eigenvalue weighted by Gasteiger charge is 2.23. The van der Waals surface area contributed by atoms with Crippen molar-refractivity contribution in [2.75, 3.05) is 20.1 Å². The van der Waals surface area contributed by atoms with Crippen LogP contribution in [0.2, 0.25) is 0 Å². The SMILES string of the molecule is C=C/C(C)=C/C(C=C[C@H](C)C(=O)N(CC)CC)C(Cc1cn(C(=O)Cc2ccccc2)c(CCC)c1C)NC.CC. The van der Waals surface area contributed by atoms with Crippen LogP contribution >= 0.6 is 0 Å². The predicted octanol–water partition coefficient (Wildman–Crippen LogP) is 7.60.